The number of rotatable bonds is 6. The third kappa shape index (κ3) is 4.27. The van der Waals surface area contributed by atoms with Gasteiger partial charge in [-0.15, -0.1) is 10.2 Å². The van der Waals surface area contributed by atoms with Gasteiger partial charge >= 0.3 is 0 Å². The molecule has 1 fully saturated rings. The fraction of sp³-hybridized carbons (Fsp3) is 0.300. The second-order valence-electron chi connectivity index (χ2n) is 9.88. The van der Waals surface area contributed by atoms with Crippen molar-refractivity contribution < 1.29 is 4.74 Å². The summed E-state index contributed by atoms with van der Waals surface area (Å²) in [4.78, 5) is 0. The molecule has 0 saturated heterocycles. The van der Waals surface area contributed by atoms with E-state index in [9.17, 15) is 0 Å². The highest BCUT2D eigenvalue weighted by Crippen LogP contribution is 2.41. The number of nitrogens with one attached hydrogen (secondary N) is 1. The van der Waals surface area contributed by atoms with Crippen LogP contribution in [0.3, 0.4) is 0 Å². The number of tetrazole rings is 1. The molecule has 0 amide bonds. The fourth-order valence-electron chi connectivity index (χ4n) is 5.61. The molecule has 0 bridgehead atoms. The highest BCUT2D eigenvalue weighted by atomic mass is 16.5. The monoisotopic (exact) mass is 462 g/mol. The zero-order chi connectivity index (χ0) is 23.8. The number of hydrogen-bond acceptors (Lipinski definition) is 4. The van der Waals surface area contributed by atoms with E-state index in [1.165, 1.54) is 47.9 Å². The van der Waals surface area contributed by atoms with Crippen molar-refractivity contribution in [2.24, 2.45) is 5.92 Å². The van der Waals surface area contributed by atoms with Gasteiger partial charge in [-0.1, -0.05) is 60.9 Å². The van der Waals surface area contributed by atoms with Gasteiger partial charge in [0.25, 0.3) is 0 Å². The standard InChI is InChI=1S/C30H30N4O/c1-19-20(2)29(17-27-15-26(16-28(19)27)22-8-3-4-9-22)35-18-21-7-5-10-23(13-21)24-11-6-12-25(14-24)30-31-33-34-32-30/h5-7,10-15,17,22H,3-4,8-9,16,18H2,1-2H3,(H,31,32,33,34). The summed E-state index contributed by atoms with van der Waals surface area (Å²) < 4.78 is 6.40. The Kier molecular flexibility index (Phi) is 5.69. The van der Waals surface area contributed by atoms with Crippen molar-refractivity contribution in [3.8, 4) is 28.3 Å². The Labute approximate surface area is 206 Å². The largest absolute Gasteiger partial charge is 0.489 e. The van der Waals surface area contributed by atoms with E-state index in [1.807, 2.05) is 12.1 Å². The van der Waals surface area contributed by atoms with E-state index in [4.69, 9.17) is 4.74 Å². The first-order valence-corrected chi connectivity index (χ1v) is 12.6. The molecule has 35 heavy (non-hydrogen) atoms. The molecule has 1 N–H and O–H groups in total. The molecule has 1 aromatic heterocycles. The quantitative estimate of drug-likeness (QED) is 0.340. The van der Waals surface area contributed by atoms with E-state index < -0.39 is 0 Å². The van der Waals surface area contributed by atoms with E-state index in [1.54, 1.807) is 5.57 Å². The summed E-state index contributed by atoms with van der Waals surface area (Å²) >= 11 is 0. The predicted octanol–water partition coefficient (Wildman–Crippen LogP) is 6.86. The van der Waals surface area contributed by atoms with Crippen LogP contribution < -0.4 is 4.74 Å². The lowest BCUT2D eigenvalue weighted by molar-refractivity contribution is 0.304. The Bertz CT molecular complexity index is 1400. The van der Waals surface area contributed by atoms with E-state index in [0.717, 1.165) is 40.3 Å². The Morgan fingerprint density at radius 1 is 0.914 bits per heavy atom. The van der Waals surface area contributed by atoms with Crippen LogP contribution in [0.2, 0.25) is 0 Å². The Morgan fingerprint density at radius 2 is 1.69 bits per heavy atom. The van der Waals surface area contributed by atoms with E-state index >= 15 is 0 Å². The molecule has 5 heteroatoms. The summed E-state index contributed by atoms with van der Waals surface area (Å²) in [7, 11) is 0. The van der Waals surface area contributed by atoms with Crippen molar-refractivity contribution in [2.45, 2.75) is 52.6 Å². The van der Waals surface area contributed by atoms with Gasteiger partial charge in [-0.05, 0) is 101 Å². The summed E-state index contributed by atoms with van der Waals surface area (Å²) in [5.41, 5.74) is 11.5. The number of H-pyrrole nitrogens is 1. The molecular formula is C30H30N4O. The van der Waals surface area contributed by atoms with Crippen molar-refractivity contribution in [1.82, 2.24) is 20.6 Å². The molecule has 3 aromatic carbocycles. The van der Waals surface area contributed by atoms with Crippen LogP contribution in [0.15, 0.2) is 60.2 Å². The first-order chi connectivity index (χ1) is 17.2. The van der Waals surface area contributed by atoms with Crippen LogP contribution in [0.5, 0.6) is 5.75 Å². The van der Waals surface area contributed by atoms with Gasteiger partial charge in [0.15, 0.2) is 0 Å². The molecule has 5 nitrogen and oxygen atoms in total. The first kappa shape index (κ1) is 21.8. The van der Waals surface area contributed by atoms with Crippen LogP contribution in [0.1, 0.15) is 53.5 Å². The molecule has 0 aliphatic heterocycles. The van der Waals surface area contributed by atoms with E-state index in [0.29, 0.717) is 12.4 Å². The summed E-state index contributed by atoms with van der Waals surface area (Å²) in [5.74, 6) is 2.38. The molecule has 0 unspecified atom stereocenters. The molecule has 0 radical (unpaired) electrons. The minimum Gasteiger partial charge on any atom is -0.489 e. The molecule has 2 aliphatic carbocycles. The zero-order valence-electron chi connectivity index (χ0n) is 20.3. The van der Waals surface area contributed by atoms with Gasteiger partial charge in [0.2, 0.25) is 5.82 Å². The van der Waals surface area contributed by atoms with Crippen molar-refractivity contribution in [2.75, 3.05) is 0 Å². The average Bonchev–Trinajstić information content (AvgIpc) is 3.67. The Morgan fingerprint density at radius 3 is 2.49 bits per heavy atom. The zero-order valence-corrected chi connectivity index (χ0v) is 20.3. The molecule has 4 aromatic rings. The molecule has 2 aliphatic rings. The summed E-state index contributed by atoms with van der Waals surface area (Å²) in [6, 6.07) is 19.0. The highest BCUT2D eigenvalue weighted by molar-refractivity contribution is 5.71. The van der Waals surface area contributed by atoms with Crippen LogP contribution in [0, 0.1) is 19.8 Å². The average molecular weight is 463 g/mol. The van der Waals surface area contributed by atoms with E-state index in [-0.39, 0.29) is 0 Å². The number of benzene rings is 3. The maximum atomic E-state index is 6.40. The maximum absolute atomic E-state index is 6.40. The Balaban J connectivity index is 1.22. The molecule has 0 spiro atoms. The smallest absolute Gasteiger partial charge is 0.204 e. The van der Waals surface area contributed by atoms with Crippen molar-refractivity contribution in [1.29, 1.82) is 0 Å². The van der Waals surface area contributed by atoms with Gasteiger partial charge in [-0.2, -0.15) is 5.21 Å². The van der Waals surface area contributed by atoms with Crippen molar-refractivity contribution in [3.05, 3.63) is 88.0 Å². The molecule has 6 rings (SSSR count). The number of aromatic amines is 1. The SMILES string of the molecule is Cc1c(OCc2cccc(-c3cccc(-c4nn[nH]n4)c3)c2)cc2c(c1C)CC(C1CCCC1)=C2. The molecule has 1 saturated carbocycles. The third-order valence-electron chi connectivity index (χ3n) is 7.74. The number of ether oxygens (including phenoxy) is 1. The van der Waals surface area contributed by atoms with Gasteiger partial charge in [0, 0.05) is 5.56 Å². The van der Waals surface area contributed by atoms with Gasteiger partial charge in [-0.25, -0.2) is 0 Å². The second kappa shape index (κ2) is 9.14. The Hall–Kier alpha value is -3.73. The van der Waals surface area contributed by atoms with Gasteiger partial charge in [0.05, 0.1) is 0 Å². The minimum atomic E-state index is 0.538. The molecule has 176 valence electrons. The van der Waals surface area contributed by atoms with Gasteiger partial charge in [0.1, 0.15) is 12.4 Å². The van der Waals surface area contributed by atoms with Crippen LogP contribution in [-0.2, 0) is 13.0 Å². The van der Waals surface area contributed by atoms with Gasteiger partial charge < -0.3 is 4.74 Å². The van der Waals surface area contributed by atoms with Gasteiger partial charge in [-0.3, -0.25) is 0 Å². The number of aromatic nitrogens is 4. The lowest BCUT2D eigenvalue weighted by atomic mass is 9.93. The second-order valence-corrected chi connectivity index (χ2v) is 9.88. The number of hydrogen-bond donors (Lipinski definition) is 1. The number of fused-ring (bicyclic) bond motifs is 1. The lowest BCUT2D eigenvalue weighted by Gasteiger charge is -2.16. The lowest BCUT2D eigenvalue weighted by Crippen LogP contribution is -2.02. The maximum Gasteiger partial charge on any atom is 0.204 e. The predicted molar refractivity (Wildman–Crippen MR) is 139 cm³/mol. The summed E-state index contributed by atoms with van der Waals surface area (Å²) in [6.45, 7) is 4.98. The topological polar surface area (TPSA) is 63.7 Å². The first-order valence-electron chi connectivity index (χ1n) is 12.6. The molecule has 1 heterocycles. The van der Waals surface area contributed by atoms with Crippen LogP contribution in [0.25, 0.3) is 28.6 Å². The van der Waals surface area contributed by atoms with Crippen LogP contribution in [-0.4, -0.2) is 20.6 Å². The van der Waals surface area contributed by atoms with Crippen LogP contribution in [0.4, 0.5) is 0 Å². The van der Waals surface area contributed by atoms with E-state index in [2.05, 4.69) is 83.0 Å². The molecule has 0 atom stereocenters. The van der Waals surface area contributed by atoms with Crippen molar-refractivity contribution >= 4 is 6.08 Å². The summed E-state index contributed by atoms with van der Waals surface area (Å²) in [5, 5.41) is 14.4. The number of allylic oxidation sites excluding steroid dienone is 1. The third-order valence-corrected chi connectivity index (χ3v) is 7.74. The number of nitrogens with zero attached hydrogens (tertiary/aromatic N) is 3. The minimum absolute atomic E-state index is 0.538. The highest BCUT2D eigenvalue weighted by Gasteiger charge is 2.26. The normalized spacial score (nSPS) is 15.3. The van der Waals surface area contributed by atoms with Crippen molar-refractivity contribution in [3.63, 3.8) is 0 Å². The van der Waals surface area contributed by atoms with Crippen LogP contribution >= 0.6 is 0 Å². The summed E-state index contributed by atoms with van der Waals surface area (Å²) in [6.07, 6.45) is 9.04. The molecular weight excluding hydrogens is 432 g/mol. The fourth-order valence-corrected chi connectivity index (χ4v) is 5.61.